The summed E-state index contributed by atoms with van der Waals surface area (Å²) >= 11 is 0. The average Bonchev–Trinajstić information content (AvgIpc) is 2.82. The van der Waals surface area contributed by atoms with E-state index in [1.54, 1.807) is 43.4 Å². The van der Waals surface area contributed by atoms with Crippen molar-refractivity contribution in [2.75, 3.05) is 24.2 Å². The lowest BCUT2D eigenvalue weighted by molar-refractivity contribution is -0.387. The van der Waals surface area contributed by atoms with E-state index in [4.69, 9.17) is 8.92 Å². The van der Waals surface area contributed by atoms with E-state index in [-0.39, 0.29) is 17.2 Å². The first-order valence-corrected chi connectivity index (χ1v) is 12.6. The van der Waals surface area contributed by atoms with Crippen LogP contribution in [0.25, 0.3) is 0 Å². The van der Waals surface area contributed by atoms with Crippen LogP contribution in [-0.2, 0) is 30.9 Å². The van der Waals surface area contributed by atoms with E-state index in [1.165, 1.54) is 19.2 Å². The maximum atomic E-state index is 12.6. The van der Waals surface area contributed by atoms with Crippen LogP contribution in [0.15, 0.2) is 76.5 Å². The van der Waals surface area contributed by atoms with Crippen LogP contribution in [0.1, 0.15) is 5.56 Å². The van der Waals surface area contributed by atoms with Crippen molar-refractivity contribution in [3.8, 4) is 5.75 Å². The Labute approximate surface area is 196 Å². The van der Waals surface area contributed by atoms with Crippen molar-refractivity contribution in [2.45, 2.75) is 16.4 Å². The maximum absolute atomic E-state index is 12.6. The van der Waals surface area contributed by atoms with E-state index < -0.39 is 35.6 Å². The number of nitrogens with one attached hydrogen (secondary N) is 2. The van der Waals surface area contributed by atoms with Gasteiger partial charge in [-0.3, -0.25) is 19.0 Å². The normalized spacial score (nSPS) is 11.6. The predicted octanol–water partition coefficient (Wildman–Crippen LogP) is 3.35. The Morgan fingerprint density at radius 2 is 1.53 bits per heavy atom. The molecule has 3 rings (SSSR count). The zero-order valence-corrected chi connectivity index (χ0v) is 19.7. The van der Waals surface area contributed by atoms with Crippen molar-refractivity contribution in [3.05, 3.63) is 82.4 Å². The van der Waals surface area contributed by atoms with Crippen molar-refractivity contribution in [3.63, 3.8) is 0 Å². The summed E-state index contributed by atoms with van der Waals surface area (Å²) in [6, 6.07) is 15.1. The summed E-state index contributed by atoms with van der Waals surface area (Å²) in [4.78, 5) is 9.85. The topological polar surface area (TPSA) is 154 Å². The molecule has 180 valence electrons. The molecule has 0 aliphatic rings. The molecule has 13 heteroatoms. The molecule has 0 radical (unpaired) electrons. The van der Waals surface area contributed by atoms with Gasteiger partial charge in [0.25, 0.3) is 15.7 Å². The zero-order chi connectivity index (χ0) is 24.9. The Bertz CT molecular complexity index is 1390. The Morgan fingerprint density at radius 1 is 0.912 bits per heavy atom. The highest BCUT2D eigenvalue weighted by molar-refractivity contribution is 7.92. The van der Waals surface area contributed by atoms with Gasteiger partial charge in [-0.1, -0.05) is 12.1 Å². The van der Waals surface area contributed by atoms with Gasteiger partial charge in [0.05, 0.1) is 29.2 Å². The molecule has 0 aromatic heterocycles. The van der Waals surface area contributed by atoms with E-state index in [1.807, 2.05) is 0 Å². The fraction of sp³-hybridized carbons (Fsp3) is 0.143. The van der Waals surface area contributed by atoms with Crippen LogP contribution < -0.4 is 14.8 Å². The molecule has 0 fully saturated rings. The fourth-order valence-electron chi connectivity index (χ4n) is 2.88. The molecule has 0 aliphatic heterocycles. The summed E-state index contributed by atoms with van der Waals surface area (Å²) in [6.45, 7) is -0.361. The molecule has 3 aromatic carbocycles. The van der Waals surface area contributed by atoms with Gasteiger partial charge in [0.15, 0.2) is 4.90 Å². The van der Waals surface area contributed by atoms with Crippen LogP contribution in [0, 0.1) is 10.1 Å². The summed E-state index contributed by atoms with van der Waals surface area (Å²) in [5.41, 5.74) is 0.179. The molecular formula is C21H21N3O8S2. The second-order valence-corrected chi connectivity index (χ2v) is 10.2. The van der Waals surface area contributed by atoms with Crippen molar-refractivity contribution >= 4 is 37.2 Å². The SMILES string of the molecule is CNc1ccc(S(=O)(=O)Nc2ccc(S(=O)(=O)OCc3ccc(OC)cc3)c([N+](=O)[O-])c2)cc1. The summed E-state index contributed by atoms with van der Waals surface area (Å²) in [7, 11) is -5.44. The number of nitro benzene ring substituents is 1. The highest BCUT2D eigenvalue weighted by atomic mass is 32.2. The third-order valence-corrected chi connectivity index (χ3v) is 7.38. The van der Waals surface area contributed by atoms with Gasteiger partial charge in [-0.25, -0.2) is 8.42 Å². The molecule has 0 saturated carbocycles. The summed E-state index contributed by atoms with van der Waals surface area (Å²) in [6.07, 6.45) is 0. The van der Waals surface area contributed by atoms with Gasteiger partial charge < -0.3 is 10.1 Å². The first-order chi connectivity index (χ1) is 16.1. The smallest absolute Gasteiger partial charge is 0.304 e. The molecule has 0 bridgehead atoms. The van der Waals surface area contributed by atoms with E-state index in [0.29, 0.717) is 17.0 Å². The lowest BCUT2D eigenvalue weighted by Gasteiger charge is -2.11. The molecular weight excluding hydrogens is 486 g/mol. The summed E-state index contributed by atoms with van der Waals surface area (Å²) in [5.74, 6) is 0.568. The second kappa shape index (κ2) is 10.1. The number of anilines is 2. The van der Waals surface area contributed by atoms with Gasteiger partial charge in [0.2, 0.25) is 0 Å². The molecule has 0 aliphatic carbocycles. The molecule has 0 saturated heterocycles. The minimum Gasteiger partial charge on any atom is -0.497 e. The van der Waals surface area contributed by atoms with Crippen molar-refractivity contribution in [2.24, 2.45) is 0 Å². The summed E-state index contributed by atoms with van der Waals surface area (Å²) < 4.78 is 62.7. The monoisotopic (exact) mass is 507 g/mol. The Hall–Kier alpha value is -3.68. The predicted molar refractivity (Wildman–Crippen MR) is 125 cm³/mol. The molecule has 0 unspecified atom stereocenters. The summed E-state index contributed by atoms with van der Waals surface area (Å²) in [5, 5.41) is 14.4. The number of nitro groups is 1. The van der Waals surface area contributed by atoms with Gasteiger partial charge in [-0.2, -0.15) is 8.42 Å². The fourth-order valence-corrected chi connectivity index (χ4v) is 4.97. The Kier molecular flexibility index (Phi) is 7.39. The van der Waals surface area contributed by atoms with E-state index in [0.717, 1.165) is 18.2 Å². The highest BCUT2D eigenvalue weighted by Gasteiger charge is 2.28. The molecule has 0 spiro atoms. The Balaban J connectivity index is 1.84. The molecule has 0 amide bonds. The van der Waals surface area contributed by atoms with E-state index in [2.05, 4.69) is 10.0 Å². The Morgan fingerprint density at radius 3 is 2.09 bits per heavy atom. The third kappa shape index (κ3) is 5.81. The van der Waals surface area contributed by atoms with Crippen LogP contribution >= 0.6 is 0 Å². The number of hydrogen-bond donors (Lipinski definition) is 2. The number of methoxy groups -OCH3 is 1. The highest BCUT2D eigenvalue weighted by Crippen LogP contribution is 2.30. The van der Waals surface area contributed by atoms with Crippen molar-refractivity contribution in [1.82, 2.24) is 0 Å². The zero-order valence-electron chi connectivity index (χ0n) is 18.1. The minimum atomic E-state index is -4.53. The van der Waals surface area contributed by atoms with Crippen LogP contribution in [0.3, 0.4) is 0 Å². The van der Waals surface area contributed by atoms with Crippen LogP contribution in [0.4, 0.5) is 17.1 Å². The standard InChI is InChI=1S/C21H21N3O8S2/c1-22-16-5-10-19(11-6-16)33(27,28)23-17-7-12-21(20(13-17)24(25)26)34(29,30)32-14-15-3-8-18(31-2)9-4-15/h3-13,22-23H,14H2,1-2H3. The van der Waals surface area contributed by atoms with Gasteiger partial charge in [0, 0.05) is 18.8 Å². The van der Waals surface area contributed by atoms with Crippen LogP contribution in [-0.4, -0.2) is 35.9 Å². The average molecular weight is 508 g/mol. The number of ether oxygens (including phenoxy) is 1. The molecule has 2 N–H and O–H groups in total. The first kappa shape index (κ1) is 25.0. The number of rotatable bonds is 10. The molecule has 0 heterocycles. The molecule has 34 heavy (non-hydrogen) atoms. The minimum absolute atomic E-state index is 0.0753. The molecule has 11 nitrogen and oxygen atoms in total. The third-order valence-electron chi connectivity index (χ3n) is 4.67. The number of hydrogen-bond acceptors (Lipinski definition) is 9. The van der Waals surface area contributed by atoms with Gasteiger partial charge in [-0.05, 0) is 54.1 Å². The quantitative estimate of drug-likeness (QED) is 0.239. The van der Waals surface area contributed by atoms with E-state index in [9.17, 15) is 26.9 Å². The van der Waals surface area contributed by atoms with Crippen LogP contribution in [0.2, 0.25) is 0 Å². The van der Waals surface area contributed by atoms with Gasteiger partial charge in [-0.15, -0.1) is 0 Å². The number of benzene rings is 3. The lowest BCUT2D eigenvalue weighted by Crippen LogP contribution is -2.14. The largest absolute Gasteiger partial charge is 0.497 e. The molecule has 3 aromatic rings. The van der Waals surface area contributed by atoms with Crippen LogP contribution in [0.5, 0.6) is 5.75 Å². The first-order valence-electron chi connectivity index (χ1n) is 9.67. The van der Waals surface area contributed by atoms with Crippen molar-refractivity contribution < 1.29 is 30.7 Å². The lowest BCUT2D eigenvalue weighted by atomic mass is 10.2. The second-order valence-electron chi connectivity index (χ2n) is 6.88. The number of sulfonamides is 1. The number of nitrogens with zero attached hydrogens (tertiary/aromatic N) is 1. The maximum Gasteiger partial charge on any atom is 0.304 e. The van der Waals surface area contributed by atoms with Gasteiger partial charge in [0.1, 0.15) is 5.75 Å². The van der Waals surface area contributed by atoms with Gasteiger partial charge >= 0.3 is 10.1 Å². The van der Waals surface area contributed by atoms with E-state index >= 15 is 0 Å². The molecule has 0 atom stereocenters. The van der Waals surface area contributed by atoms with Crippen molar-refractivity contribution in [1.29, 1.82) is 0 Å².